The van der Waals surface area contributed by atoms with E-state index in [1.54, 1.807) is 6.42 Å². The molecule has 0 amide bonds. The lowest BCUT2D eigenvalue weighted by Crippen LogP contribution is -2.60. The third-order valence-electron chi connectivity index (χ3n) is 12.9. The van der Waals surface area contributed by atoms with Gasteiger partial charge < -0.3 is 4.90 Å². The average Bonchev–Trinajstić information content (AvgIpc) is 3.26. The van der Waals surface area contributed by atoms with E-state index in [0.29, 0.717) is 21.9 Å². The first kappa shape index (κ1) is 24.2. The second-order valence-electron chi connectivity index (χ2n) is 15.2. The number of piperidine rings is 2. The molecule has 0 bridgehead atoms. The summed E-state index contributed by atoms with van der Waals surface area (Å²) in [7, 11) is 0. The van der Waals surface area contributed by atoms with Crippen LogP contribution in [0.15, 0.2) is 0 Å². The normalized spacial score (nSPS) is 36.0. The van der Waals surface area contributed by atoms with E-state index in [1.165, 1.54) is 96.8 Å². The van der Waals surface area contributed by atoms with Crippen molar-refractivity contribution in [1.29, 1.82) is 0 Å². The lowest BCUT2D eigenvalue weighted by Gasteiger charge is -2.60. The molecule has 3 heterocycles. The molecule has 0 aromatic heterocycles. The minimum atomic E-state index is 0.403. The Kier molecular flexibility index (Phi) is 5.84. The van der Waals surface area contributed by atoms with Gasteiger partial charge in [0.1, 0.15) is 0 Å². The molecule has 3 saturated carbocycles. The summed E-state index contributed by atoms with van der Waals surface area (Å²) in [6.45, 7) is 20.3. The van der Waals surface area contributed by atoms with Crippen LogP contribution in [0.3, 0.4) is 0 Å². The first-order valence-electron chi connectivity index (χ1n) is 15.4. The molecule has 0 aromatic carbocycles. The van der Waals surface area contributed by atoms with Crippen molar-refractivity contribution in [3.05, 3.63) is 0 Å². The van der Waals surface area contributed by atoms with Gasteiger partial charge in [-0.25, -0.2) is 0 Å². The van der Waals surface area contributed by atoms with Gasteiger partial charge in [0.25, 0.3) is 0 Å². The highest BCUT2D eigenvalue weighted by molar-refractivity contribution is 5.17. The average molecular weight is 470 g/mol. The molecule has 34 heavy (non-hydrogen) atoms. The minimum absolute atomic E-state index is 0.403. The van der Waals surface area contributed by atoms with Crippen LogP contribution in [0.1, 0.15) is 119 Å². The second-order valence-corrected chi connectivity index (χ2v) is 15.2. The van der Waals surface area contributed by atoms with Gasteiger partial charge in [0, 0.05) is 29.2 Å². The van der Waals surface area contributed by atoms with Crippen LogP contribution in [-0.4, -0.2) is 70.1 Å². The van der Waals surface area contributed by atoms with Crippen LogP contribution in [0, 0.1) is 22.7 Å². The summed E-state index contributed by atoms with van der Waals surface area (Å²) in [6, 6.07) is 2.37. The van der Waals surface area contributed by atoms with Crippen molar-refractivity contribution in [2.24, 2.45) is 22.7 Å². The zero-order chi connectivity index (χ0) is 23.9. The fraction of sp³-hybridized carbons (Fsp3) is 1.00. The smallest absolute Gasteiger partial charge is 0.0216 e. The van der Waals surface area contributed by atoms with Crippen LogP contribution in [0.25, 0.3) is 0 Å². The Labute approximate surface area is 211 Å². The summed E-state index contributed by atoms with van der Waals surface area (Å²) in [5, 5.41) is 0. The van der Waals surface area contributed by atoms with E-state index in [-0.39, 0.29) is 0 Å². The van der Waals surface area contributed by atoms with Gasteiger partial charge in [-0.15, -0.1) is 0 Å². The maximum atomic E-state index is 3.05. The standard InChI is InChI=1S/C31H55N3/c1-23(2)32-16-12-29(13-17-32)20-25(21-29)28(5,6)33-18-14-30(15-19-33)22-26(30)27-8-11-31(9-7-10-31)34(27)24(3)4/h23-27H,7-22H2,1-6H3. The van der Waals surface area contributed by atoms with E-state index in [2.05, 4.69) is 56.2 Å². The van der Waals surface area contributed by atoms with Gasteiger partial charge in [-0.1, -0.05) is 0 Å². The van der Waals surface area contributed by atoms with Gasteiger partial charge in [0.05, 0.1) is 0 Å². The van der Waals surface area contributed by atoms with Crippen molar-refractivity contribution in [2.75, 3.05) is 26.2 Å². The van der Waals surface area contributed by atoms with Gasteiger partial charge in [0.2, 0.25) is 0 Å². The predicted molar refractivity (Wildman–Crippen MR) is 143 cm³/mol. The van der Waals surface area contributed by atoms with E-state index in [0.717, 1.165) is 30.0 Å². The minimum Gasteiger partial charge on any atom is -0.301 e. The molecule has 0 radical (unpaired) electrons. The zero-order valence-corrected chi connectivity index (χ0v) is 23.5. The van der Waals surface area contributed by atoms with E-state index in [4.69, 9.17) is 0 Å². The summed E-state index contributed by atoms with van der Waals surface area (Å²) in [4.78, 5) is 8.69. The molecular formula is C31H55N3. The molecule has 3 aliphatic carbocycles. The molecule has 6 aliphatic rings. The molecule has 3 nitrogen and oxygen atoms in total. The van der Waals surface area contributed by atoms with E-state index >= 15 is 0 Å². The van der Waals surface area contributed by atoms with Crippen LogP contribution in [0.4, 0.5) is 0 Å². The number of hydrogen-bond donors (Lipinski definition) is 0. The van der Waals surface area contributed by atoms with Crippen LogP contribution in [-0.2, 0) is 0 Å². The maximum Gasteiger partial charge on any atom is 0.0216 e. The van der Waals surface area contributed by atoms with Gasteiger partial charge in [0.15, 0.2) is 0 Å². The van der Waals surface area contributed by atoms with Gasteiger partial charge in [-0.05, 0) is 167 Å². The highest BCUT2D eigenvalue weighted by Gasteiger charge is 2.64. The van der Waals surface area contributed by atoms with Crippen molar-refractivity contribution in [2.45, 2.75) is 148 Å². The summed E-state index contributed by atoms with van der Waals surface area (Å²) < 4.78 is 0. The first-order chi connectivity index (χ1) is 16.1. The van der Waals surface area contributed by atoms with Crippen molar-refractivity contribution in [1.82, 2.24) is 14.7 Å². The fourth-order valence-electron chi connectivity index (χ4n) is 10.1. The lowest BCUT2D eigenvalue weighted by molar-refractivity contribution is -0.0935. The quantitative estimate of drug-likeness (QED) is 0.451. The van der Waals surface area contributed by atoms with Gasteiger partial charge >= 0.3 is 0 Å². The third kappa shape index (κ3) is 3.68. The van der Waals surface area contributed by atoms with Crippen LogP contribution >= 0.6 is 0 Å². The Bertz CT molecular complexity index is 741. The zero-order valence-electron chi connectivity index (χ0n) is 23.5. The molecule has 3 spiro atoms. The van der Waals surface area contributed by atoms with Crippen molar-refractivity contribution >= 4 is 0 Å². The topological polar surface area (TPSA) is 9.72 Å². The molecule has 2 unspecified atom stereocenters. The molecule has 0 aromatic rings. The molecule has 3 aliphatic heterocycles. The number of rotatable bonds is 5. The lowest BCUT2D eigenvalue weighted by atomic mass is 9.53. The largest absolute Gasteiger partial charge is 0.301 e. The van der Waals surface area contributed by atoms with Crippen molar-refractivity contribution in [3.63, 3.8) is 0 Å². The Morgan fingerprint density at radius 3 is 1.91 bits per heavy atom. The third-order valence-corrected chi connectivity index (χ3v) is 12.9. The van der Waals surface area contributed by atoms with E-state index in [1.807, 2.05) is 0 Å². The fourth-order valence-corrected chi connectivity index (χ4v) is 10.1. The van der Waals surface area contributed by atoms with E-state index in [9.17, 15) is 0 Å². The molecule has 6 rings (SSSR count). The van der Waals surface area contributed by atoms with Gasteiger partial charge in [-0.2, -0.15) is 0 Å². The first-order valence-corrected chi connectivity index (χ1v) is 15.4. The van der Waals surface area contributed by atoms with Crippen molar-refractivity contribution in [3.8, 4) is 0 Å². The monoisotopic (exact) mass is 469 g/mol. The highest BCUT2D eigenvalue weighted by atomic mass is 15.3. The Morgan fingerprint density at radius 1 is 0.735 bits per heavy atom. The maximum absolute atomic E-state index is 3.05. The molecule has 194 valence electrons. The number of hydrogen-bond acceptors (Lipinski definition) is 3. The Hall–Kier alpha value is -0.120. The molecule has 0 N–H and O–H groups in total. The summed E-state index contributed by atoms with van der Waals surface area (Å²) in [6.07, 6.45) is 17.9. The summed E-state index contributed by atoms with van der Waals surface area (Å²) in [5.41, 5.74) is 2.44. The predicted octanol–water partition coefficient (Wildman–Crippen LogP) is 6.56. The van der Waals surface area contributed by atoms with Gasteiger partial charge in [-0.3, -0.25) is 9.80 Å². The number of nitrogens with zero attached hydrogens (tertiary/aromatic N) is 3. The summed E-state index contributed by atoms with van der Waals surface area (Å²) in [5.74, 6) is 1.94. The molecule has 3 saturated heterocycles. The van der Waals surface area contributed by atoms with Crippen molar-refractivity contribution < 1.29 is 0 Å². The highest BCUT2D eigenvalue weighted by Crippen LogP contribution is 2.66. The Morgan fingerprint density at radius 2 is 1.38 bits per heavy atom. The molecular weight excluding hydrogens is 414 g/mol. The van der Waals surface area contributed by atoms with Crippen LogP contribution in [0.5, 0.6) is 0 Å². The summed E-state index contributed by atoms with van der Waals surface area (Å²) >= 11 is 0. The van der Waals surface area contributed by atoms with E-state index < -0.39 is 0 Å². The number of likely N-dealkylation sites (tertiary alicyclic amines) is 3. The molecule has 2 atom stereocenters. The Balaban J connectivity index is 1.03. The SMILES string of the molecule is CC(C)N1CCC2(CC1)CC(C(C)(C)N1CCC3(CC1)CC3C1CCC3(CCC3)N1C(C)C)C2. The van der Waals surface area contributed by atoms with Crippen LogP contribution in [0.2, 0.25) is 0 Å². The second kappa shape index (κ2) is 8.19. The van der Waals surface area contributed by atoms with Crippen LogP contribution < -0.4 is 0 Å². The molecule has 6 fully saturated rings. The molecule has 3 heteroatoms.